The molecule has 0 saturated carbocycles. The normalized spacial score (nSPS) is 13.0. The van der Waals surface area contributed by atoms with E-state index in [0.717, 1.165) is 32.1 Å². The van der Waals surface area contributed by atoms with Gasteiger partial charge in [-0.1, -0.05) is 19.8 Å². The summed E-state index contributed by atoms with van der Waals surface area (Å²) in [6.45, 7) is 3.20. The van der Waals surface area contributed by atoms with Gasteiger partial charge in [-0.05, 0) is 32.2 Å². The van der Waals surface area contributed by atoms with Gasteiger partial charge < -0.3 is 12.9 Å². The third-order valence-corrected chi connectivity index (χ3v) is 2.95. The first-order valence-electron chi connectivity index (χ1n) is 5.93. The fraction of sp³-hybridized carbons (Fsp3) is 1.00. The van der Waals surface area contributed by atoms with Crippen LogP contribution in [0.15, 0.2) is 0 Å². The zero-order valence-corrected chi connectivity index (χ0v) is 15.1. The maximum atomic E-state index is 11.2. The first kappa shape index (κ1) is 20.9. The standard InChI is InChI=1S/C10H24N2O3P.K.H/c1-2-3-9-14-16(13)15-10(12)7-5-4-6-8-11;;/h10H,2-9,11-12H2,1H3;;/q2*+1;-1. The van der Waals surface area contributed by atoms with Crippen LogP contribution in [-0.4, -0.2) is 19.4 Å². The molecule has 0 aromatic carbocycles. The van der Waals surface area contributed by atoms with Gasteiger partial charge in [-0.15, -0.1) is 9.05 Å². The zero-order chi connectivity index (χ0) is 12.2. The third kappa shape index (κ3) is 15.5. The summed E-state index contributed by atoms with van der Waals surface area (Å²) in [5.74, 6) is 0. The predicted molar refractivity (Wildman–Crippen MR) is 66.2 cm³/mol. The Morgan fingerprint density at radius 1 is 1.29 bits per heavy atom. The van der Waals surface area contributed by atoms with Crippen LogP contribution in [0.5, 0.6) is 0 Å². The predicted octanol–water partition coefficient (Wildman–Crippen LogP) is -0.602. The molecule has 98 valence electrons. The van der Waals surface area contributed by atoms with Crippen molar-refractivity contribution in [3.05, 3.63) is 0 Å². The Kier molecular flexibility index (Phi) is 19.2. The molecule has 2 unspecified atom stereocenters. The van der Waals surface area contributed by atoms with Crippen LogP contribution in [0.25, 0.3) is 0 Å². The van der Waals surface area contributed by atoms with Gasteiger partial charge in [0.2, 0.25) is 0 Å². The van der Waals surface area contributed by atoms with E-state index in [9.17, 15) is 4.57 Å². The minimum Gasteiger partial charge on any atom is -1.00 e. The second-order valence-electron chi connectivity index (χ2n) is 3.69. The van der Waals surface area contributed by atoms with E-state index in [4.69, 9.17) is 20.5 Å². The van der Waals surface area contributed by atoms with Crippen molar-refractivity contribution in [2.45, 2.75) is 51.7 Å². The molecule has 7 heteroatoms. The van der Waals surface area contributed by atoms with Gasteiger partial charge in [-0.3, -0.25) is 0 Å². The van der Waals surface area contributed by atoms with Crippen LogP contribution in [0.3, 0.4) is 0 Å². The number of rotatable bonds is 11. The van der Waals surface area contributed by atoms with E-state index in [2.05, 4.69) is 0 Å². The molecule has 0 saturated heterocycles. The third-order valence-electron chi connectivity index (χ3n) is 2.11. The Bertz CT molecular complexity index is 193. The maximum Gasteiger partial charge on any atom is 1.00 e. The first-order valence-corrected chi connectivity index (χ1v) is 7.02. The minimum atomic E-state index is -2.06. The zero-order valence-electron chi connectivity index (χ0n) is 12.1. The van der Waals surface area contributed by atoms with E-state index < -0.39 is 14.5 Å². The molecule has 0 fully saturated rings. The van der Waals surface area contributed by atoms with Crippen molar-refractivity contribution in [2.75, 3.05) is 13.2 Å². The van der Waals surface area contributed by atoms with Gasteiger partial charge in [0.15, 0.2) is 6.23 Å². The molecule has 4 N–H and O–H groups in total. The van der Waals surface area contributed by atoms with Crippen LogP contribution in [-0.2, 0) is 13.6 Å². The fourth-order valence-electron chi connectivity index (χ4n) is 1.14. The average molecular weight is 291 g/mol. The molecular formula is C10H25KN2O3P+. The average Bonchev–Trinajstić information content (AvgIpc) is 2.25. The second kappa shape index (κ2) is 15.6. The van der Waals surface area contributed by atoms with Crippen molar-refractivity contribution in [1.29, 1.82) is 0 Å². The van der Waals surface area contributed by atoms with Crippen LogP contribution in [0, 0.1) is 0 Å². The molecule has 0 spiro atoms. The van der Waals surface area contributed by atoms with E-state index in [1.54, 1.807) is 0 Å². The van der Waals surface area contributed by atoms with Crippen LogP contribution < -0.4 is 62.9 Å². The molecule has 17 heavy (non-hydrogen) atoms. The van der Waals surface area contributed by atoms with Crippen molar-refractivity contribution in [3.63, 3.8) is 0 Å². The van der Waals surface area contributed by atoms with E-state index in [1.165, 1.54) is 0 Å². The van der Waals surface area contributed by atoms with Crippen LogP contribution >= 0.6 is 8.25 Å². The Morgan fingerprint density at radius 2 is 2.00 bits per heavy atom. The molecular weight excluding hydrogens is 266 g/mol. The molecule has 0 aliphatic rings. The Labute approximate surface area is 149 Å². The van der Waals surface area contributed by atoms with Gasteiger partial charge in [0, 0.05) is 4.57 Å². The SMILES string of the molecule is CCCCO[P+](=O)OC(N)CCCCCN.[H-].[K+]. The van der Waals surface area contributed by atoms with Crippen molar-refractivity contribution in [1.82, 2.24) is 0 Å². The van der Waals surface area contributed by atoms with Crippen molar-refractivity contribution in [3.8, 4) is 0 Å². The number of hydrogen-bond donors (Lipinski definition) is 2. The van der Waals surface area contributed by atoms with Crippen molar-refractivity contribution >= 4 is 8.25 Å². The Hall–Kier alpha value is 1.58. The van der Waals surface area contributed by atoms with E-state index >= 15 is 0 Å². The molecule has 0 aliphatic heterocycles. The summed E-state index contributed by atoms with van der Waals surface area (Å²) in [5.41, 5.74) is 11.0. The van der Waals surface area contributed by atoms with Gasteiger partial charge in [0.1, 0.15) is 6.61 Å². The van der Waals surface area contributed by atoms with Crippen molar-refractivity contribution in [2.24, 2.45) is 11.5 Å². The largest absolute Gasteiger partial charge is 1.00 e. The number of nitrogens with two attached hydrogens (primary N) is 2. The van der Waals surface area contributed by atoms with Gasteiger partial charge >= 0.3 is 59.6 Å². The molecule has 0 aliphatic carbocycles. The fourth-order valence-corrected chi connectivity index (χ4v) is 1.81. The topological polar surface area (TPSA) is 87.6 Å². The quantitative estimate of drug-likeness (QED) is 0.230. The Morgan fingerprint density at radius 3 is 2.59 bits per heavy atom. The van der Waals surface area contributed by atoms with Crippen LogP contribution in [0.2, 0.25) is 0 Å². The van der Waals surface area contributed by atoms with E-state index in [1.807, 2.05) is 6.92 Å². The monoisotopic (exact) mass is 291 g/mol. The summed E-state index contributed by atoms with van der Waals surface area (Å²) in [5, 5.41) is 0. The van der Waals surface area contributed by atoms with Gasteiger partial charge in [0.05, 0.1) is 0 Å². The molecule has 0 aromatic rings. The first-order chi connectivity index (χ1) is 7.70. The van der Waals surface area contributed by atoms with E-state index in [0.29, 0.717) is 19.6 Å². The molecule has 0 aromatic heterocycles. The van der Waals surface area contributed by atoms with Gasteiger partial charge in [0.25, 0.3) is 0 Å². The smallest absolute Gasteiger partial charge is 1.00 e. The van der Waals surface area contributed by atoms with E-state index in [-0.39, 0.29) is 52.8 Å². The van der Waals surface area contributed by atoms with Crippen molar-refractivity contribution < 1.29 is 66.4 Å². The summed E-state index contributed by atoms with van der Waals surface area (Å²) in [6.07, 6.45) is 5.05. The maximum absolute atomic E-state index is 11.2. The molecule has 5 nitrogen and oxygen atoms in total. The molecule has 0 radical (unpaired) electrons. The number of hydrogen-bond acceptors (Lipinski definition) is 5. The minimum absolute atomic E-state index is 0. The molecule has 2 atom stereocenters. The van der Waals surface area contributed by atoms with Crippen LogP contribution in [0.4, 0.5) is 0 Å². The molecule has 0 bridgehead atoms. The summed E-state index contributed by atoms with van der Waals surface area (Å²) in [7, 11) is -2.06. The molecule has 0 amide bonds. The number of unbranched alkanes of at least 4 members (excludes halogenated alkanes) is 3. The molecule has 0 heterocycles. The Balaban J connectivity index is -0.00000112. The summed E-state index contributed by atoms with van der Waals surface area (Å²) in [6, 6.07) is 0. The summed E-state index contributed by atoms with van der Waals surface area (Å²) in [4.78, 5) is 0. The second-order valence-corrected chi connectivity index (χ2v) is 4.61. The summed E-state index contributed by atoms with van der Waals surface area (Å²) < 4.78 is 21.2. The summed E-state index contributed by atoms with van der Waals surface area (Å²) >= 11 is 0. The molecule has 0 rings (SSSR count). The van der Waals surface area contributed by atoms with Crippen LogP contribution in [0.1, 0.15) is 46.9 Å². The van der Waals surface area contributed by atoms with Gasteiger partial charge in [-0.2, -0.15) is 0 Å². The van der Waals surface area contributed by atoms with Gasteiger partial charge in [-0.25, -0.2) is 0 Å².